The van der Waals surface area contributed by atoms with Crippen LogP contribution in [0.25, 0.3) is 0 Å². The van der Waals surface area contributed by atoms with Crippen molar-refractivity contribution in [3.8, 4) is 0 Å². The third kappa shape index (κ3) is 2.70. The number of carbonyl (C=O) groups excluding carboxylic acids is 1. The number of nitrogens with zero attached hydrogens (tertiary/aromatic N) is 4. The van der Waals surface area contributed by atoms with Crippen LogP contribution < -0.4 is 5.32 Å². The Morgan fingerprint density at radius 2 is 2.22 bits per heavy atom. The van der Waals surface area contributed by atoms with Crippen molar-refractivity contribution in [3.05, 3.63) is 29.3 Å². The van der Waals surface area contributed by atoms with Crippen LogP contribution in [0, 0.1) is 6.92 Å². The van der Waals surface area contributed by atoms with Crippen LogP contribution in [0.15, 0.2) is 18.6 Å². The summed E-state index contributed by atoms with van der Waals surface area (Å²) in [6.45, 7) is 4.81. The van der Waals surface area contributed by atoms with Crippen LogP contribution in [0.5, 0.6) is 0 Å². The second-order valence-electron chi connectivity index (χ2n) is 3.86. The maximum absolute atomic E-state index is 11.8. The normalized spacial score (nSPS) is 10.6. The fourth-order valence-electron chi connectivity index (χ4n) is 1.65. The standard InChI is InChI=1S/C11H14ClN5O/c1-3-17-8(2)10(5-14-17)15-11(18)7-16-6-9(12)4-13-16/h4-6H,3,7H2,1-2H3,(H,15,18). The smallest absolute Gasteiger partial charge is 0.246 e. The first-order valence-corrected chi connectivity index (χ1v) is 5.98. The van der Waals surface area contributed by atoms with Crippen LogP contribution in [0.3, 0.4) is 0 Å². The molecule has 0 aliphatic rings. The van der Waals surface area contributed by atoms with Gasteiger partial charge in [0.1, 0.15) is 6.54 Å². The lowest BCUT2D eigenvalue weighted by Crippen LogP contribution is -2.19. The highest BCUT2D eigenvalue weighted by molar-refractivity contribution is 6.30. The first kappa shape index (κ1) is 12.6. The second kappa shape index (κ2) is 5.22. The maximum atomic E-state index is 11.8. The summed E-state index contributed by atoms with van der Waals surface area (Å²) in [6, 6.07) is 0. The average Bonchev–Trinajstić information content (AvgIpc) is 2.87. The first-order valence-electron chi connectivity index (χ1n) is 5.60. The Balaban J connectivity index is 2.00. The quantitative estimate of drug-likeness (QED) is 0.917. The van der Waals surface area contributed by atoms with E-state index < -0.39 is 0 Å². The number of halogens is 1. The molecule has 0 unspecified atom stereocenters. The molecule has 0 spiro atoms. The fourth-order valence-corrected chi connectivity index (χ4v) is 1.81. The Hall–Kier alpha value is -1.82. The number of amides is 1. The third-order valence-corrected chi connectivity index (χ3v) is 2.78. The average molecular weight is 268 g/mol. The van der Waals surface area contributed by atoms with Gasteiger partial charge < -0.3 is 5.32 Å². The van der Waals surface area contributed by atoms with Crippen LogP contribution in [-0.2, 0) is 17.9 Å². The van der Waals surface area contributed by atoms with Gasteiger partial charge in [0.15, 0.2) is 0 Å². The highest BCUT2D eigenvalue weighted by Gasteiger charge is 2.09. The summed E-state index contributed by atoms with van der Waals surface area (Å²) < 4.78 is 3.30. The molecular formula is C11H14ClN5O. The molecule has 18 heavy (non-hydrogen) atoms. The van der Waals surface area contributed by atoms with Crippen LogP contribution in [-0.4, -0.2) is 25.5 Å². The van der Waals surface area contributed by atoms with Crippen molar-refractivity contribution in [2.45, 2.75) is 26.9 Å². The minimum absolute atomic E-state index is 0.128. The first-order chi connectivity index (χ1) is 8.60. The molecule has 2 heterocycles. The van der Waals surface area contributed by atoms with E-state index in [-0.39, 0.29) is 12.5 Å². The fraction of sp³-hybridized carbons (Fsp3) is 0.364. The summed E-state index contributed by atoms with van der Waals surface area (Å²) in [5, 5.41) is 11.4. The predicted molar refractivity (Wildman–Crippen MR) is 68.5 cm³/mol. The summed E-state index contributed by atoms with van der Waals surface area (Å²) in [4.78, 5) is 11.8. The molecule has 0 saturated heterocycles. The van der Waals surface area contributed by atoms with Crippen LogP contribution >= 0.6 is 11.6 Å². The van der Waals surface area contributed by atoms with E-state index in [1.54, 1.807) is 12.4 Å². The van der Waals surface area contributed by atoms with Crippen molar-refractivity contribution in [1.82, 2.24) is 19.6 Å². The van der Waals surface area contributed by atoms with Crippen LogP contribution in [0.4, 0.5) is 5.69 Å². The minimum atomic E-state index is -0.159. The highest BCUT2D eigenvalue weighted by atomic mass is 35.5. The number of aromatic nitrogens is 4. The van der Waals surface area contributed by atoms with Crippen molar-refractivity contribution in [1.29, 1.82) is 0 Å². The summed E-state index contributed by atoms with van der Waals surface area (Å²) >= 11 is 5.72. The van der Waals surface area contributed by atoms with Crippen molar-refractivity contribution < 1.29 is 4.79 Å². The van der Waals surface area contributed by atoms with Crippen LogP contribution in [0.1, 0.15) is 12.6 Å². The number of hydrogen-bond donors (Lipinski definition) is 1. The number of nitrogens with one attached hydrogen (secondary N) is 1. The van der Waals surface area contributed by atoms with Gasteiger partial charge in [-0.05, 0) is 13.8 Å². The van der Waals surface area contributed by atoms with Gasteiger partial charge in [-0.25, -0.2) is 0 Å². The summed E-state index contributed by atoms with van der Waals surface area (Å²) in [7, 11) is 0. The highest BCUT2D eigenvalue weighted by Crippen LogP contribution is 2.13. The molecule has 2 aromatic heterocycles. The summed E-state index contributed by atoms with van der Waals surface area (Å²) in [6.07, 6.45) is 4.74. The molecular weight excluding hydrogens is 254 g/mol. The van der Waals surface area contributed by atoms with Gasteiger partial charge in [-0.2, -0.15) is 10.2 Å². The van der Waals surface area contributed by atoms with E-state index in [4.69, 9.17) is 11.6 Å². The molecule has 2 aromatic rings. The molecule has 0 aromatic carbocycles. The maximum Gasteiger partial charge on any atom is 0.246 e. The number of rotatable bonds is 4. The second-order valence-corrected chi connectivity index (χ2v) is 4.30. The number of carbonyl (C=O) groups is 1. The topological polar surface area (TPSA) is 64.7 Å². The zero-order valence-electron chi connectivity index (χ0n) is 10.2. The van der Waals surface area contributed by atoms with Gasteiger partial charge in [-0.1, -0.05) is 11.6 Å². The Morgan fingerprint density at radius 1 is 1.44 bits per heavy atom. The number of anilines is 1. The van der Waals surface area contributed by atoms with E-state index in [1.165, 1.54) is 10.9 Å². The minimum Gasteiger partial charge on any atom is -0.322 e. The molecule has 0 atom stereocenters. The van der Waals surface area contributed by atoms with Gasteiger partial charge in [0.05, 0.1) is 28.8 Å². The van der Waals surface area contributed by atoms with Gasteiger partial charge in [-0.15, -0.1) is 0 Å². The lowest BCUT2D eigenvalue weighted by atomic mass is 10.4. The predicted octanol–water partition coefficient (Wildman–Crippen LogP) is 1.70. The van der Waals surface area contributed by atoms with Gasteiger partial charge in [0.25, 0.3) is 0 Å². The molecule has 0 aliphatic carbocycles. The van der Waals surface area contributed by atoms with E-state index in [0.29, 0.717) is 5.02 Å². The Morgan fingerprint density at radius 3 is 2.78 bits per heavy atom. The van der Waals surface area contributed by atoms with Crippen molar-refractivity contribution in [2.24, 2.45) is 0 Å². The summed E-state index contributed by atoms with van der Waals surface area (Å²) in [5.41, 5.74) is 1.66. The van der Waals surface area contributed by atoms with Gasteiger partial charge in [-0.3, -0.25) is 14.2 Å². The zero-order chi connectivity index (χ0) is 13.1. The molecule has 7 heteroatoms. The SMILES string of the molecule is CCn1ncc(NC(=O)Cn2cc(Cl)cn2)c1C. The Labute approximate surface area is 110 Å². The largest absolute Gasteiger partial charge is 0.322 e. The van der Waals surface area contributed by atoms with Gasteiger partial charge in [0, 0.05) is 12.7 Å². The van der Waals surface area contributed by atoms with E-state index >= 15 is 0 Å². The van der Waals surface area contributed by atoms with E-state index in [0.717, 1.165) is 17.9 Å². The molecule has 0 radical (unpaired) electrons. The Bertz CT molecular complexity index is 560. The molecule has 2 rings (SSSR count). The molecule has 1 N–H and O–H groups in total. The number of hydrogen-bond acceptors (Lipinski definition) is 3. The molecule has 6 nitrogen and oxygen atoms in total. The lowest BCUT2D eigenvalue weighted by Gasteiger charge is -2.05. The van der Waals surface area contributed by atoms with Gasteiger partial charge in [0.2, 0.25) is 5.91 Å². The van der Waals surface area contributed by atoms with Gasteiger partial charge >= 0.3 is 0 Å². The van der Waals surface area contributed by atoms with E-state index in [1.807, 2.05) is 18.5 Å². The molecule has 0 fully saturated rings. The van der Waals surface area contributed by atoms with E-state index in [2.05, 4.69) is 15.5 Å². The summed E-state index contributed by atoms with van der Waals surface area (Å²) in [5.74, 6) is -0.159. The number of aryl methyl sites for hydroxylation is 1. The zero-order valence-corrected chi connectivity index (χ0v) is 11.0. The molecule has 96 valence electrons. The van der Waals surface area contributed by atoms with Crippen LogP contribution in [0.2, 0.25) is 5.02 Å². The monoisotopic (exact) mass is 267 g/mol. The molecule has 0 aliphatic heterocycles. The molecule has 0 bridgehead atoms. The van der Waals surface area contributed by atoms with Crippen molar-refractivity contribution in [2.75, 3.05) is 5.32 Å². The lowest BCUT2D eigenvalue weighted by molar-refractivity contribution is -0.116. The van der Waals surface area contributed by atoms with Crippen molar-refractivity contribution in [3.63, 3.8) is 0 Å². The Kier molecular flexibility index (Phi) is 3.66. The third-order valence-electron chi connectivity index (χ3n) is 2.58. The van der Waals surface area contributed by atoms with E-state index in [9.17, 15) is 4.79 Å². The molecule has 1 amide bonds. The van der Waals surface area contributed by atoms with Crippen molar-refractivity contribution >= 4 is 23.2 Å². The molecule has 0 saturated carbocycles.